The van der Waals surface area contributed by atoms with Crippen molar-refractivity contribution in [2.24, 2.45) is 0 Å². The van der Waals surface area contributed by atoms with Crippen LogP contribution in [0.4, 0.5) is 14.5 Å². The molecular formula is C24H24F2N2O4S. The average Bonchev–Trinajstić information content (AvgIpc) is 2.78. The largest absolute Gasteiger partial charge is 0.494 e. The third-order valence-electron chi connectivity index (χ3n) is 4.81. The normalized spacial score (nSPS) is 11.4. The van der Waals surface area contributed by atoms with Gasteiger partial charge in [0.15, 0.2) is 0 Å². The molecule has 3 aromatic rings. The molecule has 0 saturated carbocycles. The summed E-state index contributed by atoms with van der Waals surface area (Å²) in [4.78, 5) is 12.6. The van der Waals surface area contributed by atoms with Crippen molar-refractivity contribution in [1.82, 2.24) is 4.31 Å². The lowest BCUT2D eigenvalue weighted by molar-refractivity contribution is -0.116. The number of nitrogens with zero attached hydrogens (tertiary/aromatic N) is 1. The fraction of sp³-hybridized carbons (Fsp3) is 0.208. The quantitative estimate of drug-likeness (QED) is 0.496. The summed E-state index contributed by atoms with van der Waals surface area (Å²) in [5, 5.41) is 2.25. The van der Waals surface area contributed by atoms with Crippen LogP contribution in [0.3, 0.4) is 0 Å². The minimum absolute atomic E-state index is 0.0101. The van der Waals surface area contributed by atoms with Gasteiger partial charge in [0, 0.05) is 12.6 Å². The molecule has 0 aromatic heterocycles. The number of anilines is 1. The van der Waals surface area contributed by atoms with Crippen molar-refractivity contribution in [3.63, 3.8) is 0 Å². The van der Waals surface area contributed by atoms with Crippen LogP contribution in [0.5, 0.6) is 5.75 Å². The fourth-order valence-electron chi connectivity index (χ4n) is 3.20. The lowest BCUT2D eigenvalue weighted by Gasteiger charge is -2.22. The number of sulfonamides is 1. The number of hydrogen-bond acceptors (Lipinski definition) is 4. The zero-order chi connectivity index (χ0) is 24.0. The van der Waals surface area contributed by atoms with Crippen molar-refractivity contribution in [3.8, 4) is 5.75 Å². The van der Waals surface area contributed by atoms with Gasteiger partial charge < -0.3 is 10.1 Å². The predicted octanol–water partition coefficient (Wildman–Crippen LogP) is 4.50. The van der Waals surface area contributed by atoms with E-state index < -0.39 is 34.1 Å². The summed E-state index contributed by atoms with van der Waals surface area (Å²) in [5.41, 5.74) is 0.923. The van der Waals surface area contributed by atoms with Crippen LogP contribution < -0.4 is 10.1 Å². The molecule has 0 bridgehead atoms. The highest BCUT2D eigenvalue weighted by Gasteiger charge is 2.28. The van der Waals surface area contributed by atoms with Gasteiger partial charge in [-0.2, -0.15) is 4.31 Å². The first-order chi connectivity index (χ1) is 15.7. The molecule has 0 aliphatic heterocycles. The summed E-state index contributed by atoms with van der Waals surface area (Å²) in [7, 11) is -4.11. The molecule has 0 aliphatic carbocycles. The standard InChI is InChI=1S/C24H24F2N2O4S/c1-3-32-23-12-10-20(13-17(23)2)33(30,31)28(15-18-7-5-4-6-8-18)16-24(29)27-22-14-19(25)9-11-21(22)26/h4-14H,3,15-16H2,1-2H3,(H,27,29). The summed E-state index contributed by atoms with van der Waals surface area (Å²) < 4.78 is 60.7. The Morgan fingerprint density at radius 2 is 1.76 bits per heavy atom. The van der Waals surface area contributed by atoms with Crippen LogP contribution in [0.15, 0.2) is 71.6 Å². The van der Waals surface area contributed by atoms with Crippen molar-refractivity contribution in [2.75, 3.05) is 18.5 Å². The monoisotopic (exact) mass is 474 g/mol. The third-order valence-corrected chi connectivity index (χ3v) is 6.60. The van der Waals surface area contributed by atoms with Crippen molar-refractivity contribution in [2.45, 2.75) is 25.3 Å². The smallest absolute Gasteiger partial charge is 0.243 e. The Labute approximate surface area is 191 Å². The van der Waals surface area contributed by atoms with Crippen LogP contribution in [-0.2, 0) is 21.4 Å². The number of aryl methyl sites for hydroxylation is 1. The molecule has 0 aliphatic rings. The minimum atomic E-state index is -4.11. The molecule has 0 unspecified atom stereocenters. The van der Waals surface area contributed by atoms with Gasteiger partial charge in [-0.05, 0) is 55.3 Å². The van der Waals surface area contributed by atoms with E-state index in [1.54, 1.807) is 43.3 Å². The van der Waals surface area contributed by atoms with E-state index in [1.807, 2.05) is 6.92 Å². The number of rotatable bonds is 9. The molecule has 174 valence electrons. The molecular weight excluding hydrogens is 450 g/mol. The summed E-state index contributed by atoms with van der Waals surface area (Å²) in [6, 6.07) is 15.8. The molecule has 0 saturated heterocycles. The van der Waals surface area contributed by atoms with Gasteiger partial charge in [-0.3, -0.25) is 4.79 Å². The Morgan fingerprint density at radius 3 is 2.42 bits per heavy atom. The molecule has 9 heteroatoms. The Kier molecular flexibility index (Phi) is 7.78. The number of carbonyl (C=O) groups is 1. The molecule has 0 fully saturated rings. The zero-order valence-corrected chi connectivity index (χ0v) is 19.0. The van der Waals surface area contributed by atoms with E-state index in [-0.39, 0.29) is 17.1 Å². The van der Waals surface area contributed by atoms with Gasteiger partial charge in [0.25, 0.3) is 0 Å². The van der Waals surface area contributed by atoms with E-state index in [1.165, 1.54) is 12.1 Å². The van der Waals surface area contributed by atoms with Gasteiger partial charge in [0.1, 0.15) is 17.4 Å². The summed E-state index contributed by atoms with van der Waals surface area (Å²) in [6.45, 7) is 3.30. The second kappa shape index (κ2) is 10.5. The van der Waals surface area contributed by atoms with Crippen molar-refractivity contribution in [3.05, 3.63) is 89.5 Å². The highest BCUT2D eigenvalue weighted by molar-refractivity contribution is 7.89. The predicted molar refractivity (Wildman–Crippen MR) is 121 cm³/mol. The molecule has 6 nitrogen and oxygen atoms in total. The number of halogens is 2. The van der Waals surface area contributed by atoms with Crippen LogP contribution in [0.1, 0.15) is 18.1 Å². The van der Waals surface area contributed by atoms with Gasteiger partial charge in [-0.15, -0.1) is 0 Å². The second-order valence-electron chi connectivity index (χ2n) is 7.29. The number of amides is 1. The lowest BCUT2D eigenvalue weighted by atomic mass is 10.2. The fourth-order valence-corrected chi connectivity index (χ4v) is 4.68. The maximum absolute atomic E-state index is 13.9. The van der Waals surface area contributed by atoms with Gasteiger partial charge in [-0.25, -0.2) is 17.2 Å². The van der Waals surface area contributed by atoms with Gasteiger partial charge in [0.05, 0.1) is 23.7 Å². The van der Waals surface area contributed by atoms with Crippen molar-refractivity contribution < 1.29 is 26.7 Å². The molecule has 3 rings (SSSR count). The lowest BCUT2D eigenvalue weighted by Crippen LogP contribution is -2.37. The summed E-state index contributed by atoms with van der Waals surface area (Å²) in [6.07, 6.45) is 0. The van der Waals surface area contributed by atoms with E-state index in [2.05, 4.69) is 5.32 Å². The van der Waals surface area contributed by atoms with Crippen LogP contribution >= 0.6 is 0 Å². The number of hydrogen-bond donors (Lipinski definition) is 1. The molecule has 0 heterocycles. The maximum Gasteiger partial charge on any atom is 0.243 e. The minimum Gasteiger partial charge on any atom is -0.494 e. The Morgan fingerprint density at radius 1 is 1.03 bits per heavy atom. The maximum atomic E-state index is 13.9. The van der Waals surface area contributed by atoms with Crippen LogP contribution in [0, 0.1) is 18.6 Å². The Hall–Kier alpha value is -3.30. The third kappa shape index (κ3) is 6.15. The first kappa shape index (κ1) is 24.3. The number of ether oxygens (including phenoxy) is 1. The van der Waals surface area contributed by atoms with Crippen LogP contribution in [0.2, 0.25) is 0 Å². The number of benzene rings is 3. The molecule has 33 heavy (non-hydrogen) atoms. The zero-order valence-electron chi connectivity index (χ0n) is 18.2. The van der Waals surface area contributed by atoms with Crippen LogP contribution in [-0.4, -0.2) is 31.8 Å². The highest BCUT2D eigenvalue weighted by atomic mass is 32.2. The number of nitrogens with one attached hydrogen (secondary N) is 1. The van der Waals surface area contributed by atoms with Gasteiger partial charge in [0.2, 0.25) is 15.9 Å². The second-order valence-corrected chi connectivity index (χ2v) is 9.23. The SMILES string of the molecule is CCOc1ccc(S(=O)(=O)N(CC(=O)Nc2cc(F)ccc2F)Cc2ccccc2)cc1C. The Balaban J connectivity index is 1.91. The average molecular weight is 475 g/mol. The summed E-state index contributed by atoms with van der Waals surface area (Å²) in [5.74, 6) is -1.80. The molecule has 0 atom stereocenters. The first-order valence-corrected chi connectivity index (χ1v) is 11.7. The molecule has 3 aromatic carbocycles. The topological polar surface area (TPSA) is 75.7 Å². The van der Waals surface area contributed by atoms with Crippen molar-refractivity contribution >= 4 is 21.6 Å². The van der Waals surface area contributed by atoms with E-state index in [0.29, 0.717) is 23.5 Å². The van der Waals surface area contributed by atoms with Gasteiger partial charge in [-0.1, -0.05) is 30.3 Å². The first-order valence-electron chi connectivity index (χ1n) is 10.2. The van der Waals surface area contributed by atoms with Gasteiger partial charge >= 0.3 is 0 Å². The highest BCUT2D eigenvalue weighted by Crippen LogP contribution is 2.25. The Bertz CT molecular complexity index is 1230. The van der Waals surface area contributed by atoms with E-state index in [0.717, 1.165) is 22.5 Å². The van der Waals surface area contributed by atoms with E-state index in [4.69, 9.17) is 4.74 Å². The van der Waals surface area contributed by atoms with E-state index >= 15 is 0 Å². The van der Waals surface area contributed by atoms with E-state index in [9.17, 15) is 22.0 Å². The molecule has 1 N–H and O–H groups in total. The molecule has 0 radical (unpaired) electrons. The summed E-state index contributed by atoms with van der Waals surface area (Å²) >= 11 is 0. The van der Waals surface area contributed by atoms with Crippen molar-refractivity contribution in [1.29, 1.82) is 0 Å². The number of carbonyl (C=O) groups excluding carboxylic acids is 1. The van der Waals surface area contributed by atoms with Crippen LogP contribution in [0.25, 0.3) is 0 Å². The molecule has 0 spiro atoms. The molecule has 1 amide bonds.